The molecular formula is C16H24ClN2O+. The van der Waals surface area contributed by atoms with Crippen LogP contribution in [0.4, 0.5) is 5.69 Å². The van der Waals surface area contributed by atoms with E-state index in [0.29, 0.717) is 10.9 Å². The fraction of sp³-hybridized carbons (Fsp3) is 0.562. The lowest BCUT2D eigenvalue weighted by molar-refractivity contribution is -0.922. The normalized spacial score (nSPS) is 24.2. The van der Waals surface area contributed by atoms with Gasteiger partial charge in [-0.2, -0.15) is 0 Å². The summed E-state index contributed by atoms with van der Waals surface area (Å²) in [6.07, 6.45) is 2.50. The molecule has 1 unspecified atom stereocenters. The number of rotatable bonds is 3. The summed E-state index contributed by atoms with van der Waals surface area (Å²) in [6.45, 7) is 8.39. The summed E-state index contributed by atoms with van der Waals surface area (Å²) in [4.78, 5) is 13.8. The summed E-state index contributed by atoms with van der Waals surface area (Å²) in [7, 11) is 0. The van der Waals surface area contributed by atoms with Gasteiger partial charge in [-0.05, 0) is 44.4 Å². The van der Waals surface area contributed by atoms with E-state index in [2.05, 4.69) is 12.2 Å². The number of hydrogen-bond acceptors (Lipinski definition) is 1. The number of halogens is 1. The van der Waals surface area contributed by atoms with Crippen LogP contribution < -0.4 is 10.2 Å². The van der Waals surface area contributed by atoms with Crippen LogP contribution in [0.25, 0.3) is 0 Å². The standard InChI is InChI=1S/C16H23ClN2O/c1-11-6-5-9-19(10-11)13(3)16(20)18-15-8-4-7-14(17)12(15)2/h4,7-8,11,13H,5-6,9-10H2,1-3H3,(H,18,20)/p+1/t11-,13-/m0/s1. The largest absolute Gasteiger partial charge is 0.325 e. The molecule has 1 fully saturated rings. The zero-order valence-corrected chi connectivity index (χ0v) is 13.3. The second-order valence-electron chi connectivity index (χ2n) is 5.98. The highest BCUT2D eigenvalue weighted by molar-refractivity contribution is 6.31. The van der Waals surface area contributed by atoms with E-state index in [-0.39, 0.29) is 11.9 Å². The monoisotopic (exact) mass is 295 g/mol. The van der Waals surface area contributed by atoms with Crippen LogP contribution in [-0.2, 0) is 4.79 Å². The molecule has 0 bridgehead atoms. The van der Waals surface area contributed by atoms with Crippen LogP contribution in [0.15, 0.2) is 18.2 Å². The van der Waals surface area contributed by atoms with Gasteiger partial charge in [0.2, 0.25) is 0 Å². The number of hydrogen-bond donors (Lipinski definition) is 2. The van der Waals surface area contributed by atoms with E-state index in [1.807, 2.05) is 32.0 Å². The Hall–Kier alpha value is -1.06. The highest BCUT2D eigenvalue weighted by Gasteiger charge is 2.29. The number of nitrogens with one attached hydrogen (secondary N) is 2. The minimum atomic E-state index is -0.0175. The first-order valence-electron chi connectivity index (χ1n) is 7.39. The molecule has 2 N–H and O–H groups in total. The minimum absolute atomic E-state index is 0.0175. The number of likely N-dealkylation sites (tertiary alicyclic amines) is 1. The van der Waals surface area contributed by atoms with Crippen LogP contribution in [0, 0.1) is 12.8 Å². The number of quaternary nitrogens is 1. The maximum absolute atomic E-state index is 12.4. The Kier molecular flexibility index (Phi) is 5.06. The molecule has 1 aliphatic heterocycles. The van der Waals surface area contributed by atoms with Gasteiger partial charge < -0.3 is 10.2 Å². The molecule has 0 radical (unpaired) electrons. The first-order chi connectivity index (χ1) is 9.49. The Morgan fingerprint density at radius 1 is 1.50 bits per heavy atom. The Morgan fingerprint density at radius 2 is 2.25 bits per heavy atom. The average molecular weight is 296 g/mol. The van der Waals surface area contributed by atoms with E-state index in [1.54, 1.807) is 0 Å². The second kappa shape index (κ2) is 6.59. The third-order valence-corrected chi connectivity index (χ3v) is 4.75. The number of anilines is 1. The molecule has 3 atom stereocenters. The van der Waals surface area contributed by atoms with Gasteiger partial charge >= 0.3 is 0 Å². The van der Waals surface area contributed by atoms with Crippen molar-refractivity contribution in [2.45, 2.75) is 39.7 Å². The van der Waals surface area contributed by atoms with Crippen molar-refractivity contribution in [1.29, 1.82) is 0 Å². The maximum atomic E-state index is 12.4. The third-order valence-electron chi connectivity index (χ3n) is 4.34. The van der Waals surface area contributed by atoms with E-state index in [0.717, 1.165) is 24.3 Å². The quantitative estimate of drug-likeness (QED) is 0.881. The molecule has 3 nitrogen and oxygen atoms in total. The van der Waals surface area contributed by atoms with Crippen molar-refractivity contribution in [2.24, 2.45) is 5.92 Å². The van der Waals surface area contributed by atoms with Crippen molar-refractivity contribution in [3.05, 3.63) is 28.8 Å². The molecule has 2 rings (SSSR count). The van der Waals surface area contributed by atoms with Gasteiger partial charge in [-0.1, -0.05) is 24.6 Å². The van der Waals surface area contributed by atoms with E-state index >= 15 is 0 Å². The summed E-state index contributed by atoms with van der Waals surface area (Å²) < 4.78 is 0. The first-order valence-corrected chi connectivity index (χ1v) is 7.77. The van der Waals surface area contributed by atoms with Gasteiger partial charge in [-0.3, -0.25) is 4.79 Å². The number of piperidine rings is 1. The lowest BCUT2D eigenvalue weighted by Gasteiger charge is -2.31. The van der Waals surface area contributed by atoms with Crippen LogP contribution in [0.3, 0.4) is 0 Å². The van der Waals surface area contributed by atoms with E-state index in [9.17, 15) is 4.79 Å². The van der Waals surface area contributed by atoms with Crippen molar-refractivity contribution < 1.29 is 9.69 Å². The van der Waals surface area contributed by atoms with Crippen molar-refractivity contribution in [1.82, 2.24) is 0 Å². The fourth-order valence-corrected chi connectivity index (χ4v) is 3.07. The van der Waals surface area contributed by atoms with Gasteiger partial charge in [0, 0.05) is 16.6 Å². The predicted molar refractivity (Wildman–Crippen MR) is 83.4 cm³/mol. The molecule has 1 aromatic rings. The molecular weight excluding hydrogens is 272 g/mol. The highest BCUT2D eigenvalue weighted by Crippen LogP contribution is 2.22. The smallest absolute Gasteiger partial charge is 0.282 e. The molecule has 0 saturated carbocycles. The zero-order chi connectivity index (χ0) is 14.7. The number of carbonyl (C=O) groups excluding carboxylic acids is 1. The summed E-state index contributed by atoms with van der Waals surface area (Å²) >= 11 is 6.09. The van der Waals surface area contributed by atoms with Crippen molar-refractivity contribution in [3.8, 4) is 0 Å². The molecule has 0 aromatic heterocycles. The predicted octanol–water partition coefficient (Wildman–Crippen LogP) is 2.29. The van der Waals surface area contributed by atoms with E-state index in [1.165, 1.54) is 17.7 Å². The van der Waals surface area contributed by atoms with Gasteiger partial charge in [-0.25, -0.2) is 0 Å². The summed E-state index contributed by atoms with van der Waals surface area (Å²) in [5, 5.41) is 3.71. The molecule has 1 aromatic carbocycles. The van der Waals surface area contributed by atoms with Crippen molar-refractivity contribution >= 4 is 23.2 Å². The molecule has 20 heavy (non-hydrogen) atoms. The van der Waals surface area contributed by atoms with Crippen LogP contribution in [0.2, 0.25) is 5.02 Å². The molecule has 1 amide bonds. The van der Waals surface area contributed by atoms with Crippen LogP contribution >= 0.6 is 11.6 Å². The van der Waals surface area contributed by atoms with Crippen molar-refractivity contribution in [2.75, 3.05) is 18.4 Å². The number of amides is 1. The van der Waals surface area contributed by atoms with E-state index < -0.39 is 0 Å². The average Bonchev–Trinajstić information content (AvgIpc) is 2.43. The summed E-state index contributed by atoms with van der Waals surface area (Å²) in [5.74, 6) is 0.793. The molecule has 0 spiro atoms. The summed E-state index contributed by atoms with van der Waals surface area (Å²) in [6, 6.07) is 5.59. The molecule has 110 valence electrons. The Labute approximate surface area is 126 Å². The molecule has 1 heterocycles. The van der Waals surface area contributed by atoms with Crippen LogP contribution in [0.5, 0.6) is 0 Å². The lowest BCUT2D eigenvalue weighted by atomic mass is 9.99. The topological polar surface area (TPSA) is 33.5 Å². The molecule has 0 aliphatic carbocycles. The number of carbonyl (C=O) groups is 1. The number of benzene rings is 1. The summed E-state index contributed by atoms with van der Waals surface area (Å²) in [5.41, 5.74) is 1.75. The Bertz CT molecular complexity index is 489. The van der Waals surface area contributed by atoms with Crippen LogP contribution in [0.1, 0.15) is 32.3 Å². The molecule has 1 saturated heterocycles. The first kappa shape index (κ1) is 15.3. The van der Waals surface area contributed by atoms with Gasteiger partial charge in [0.1, 0.15) is 0 Å². The van der Waals surface area contributed by atoms with Gasteiger partial charge in [0.25, 0.3) is 5.91 Å². The van der Waals surface area contributed by atoms with E-state index in [4.69, 9.17) is 11.6 Å². The second-order valence-corrected chi connectivity index (χ2v) is 6.39. The SMILES string of the molecule is Cc1c(Cl)cccc1NC(=O)[C@H](C)[NH+]1CCC[C@H](C)C1. The Balaban J connectivity index is 2.02. The highest BCUT2D eigenvalue weighted by atomic mass is 35.5. The third kappa shape index (κ3) is 3.53. The van der Waals surface area contributed by atoms with Crippen LogP contribution in [-0.4, -0.2) is 25.0 Å². The van der Waals surface area contributed by atoms with Gasteiger partial charge in [0.05, 0.1) is 13.1 Å². The molecule has 1 aliphatic rings. The van der Waals surface area contributed by atoms with Gasteiger partial charge in [0.15, 0.2) is 6.04 Å². The van der Waals surface area contributed by atoms with Gasteiger partial charge in [-0.15, -0.1) is 0 Å². The fourth-order valence-electron chi connectivity index (χ4n) is 2.89. The minimum Gasteiger partial charge on any atom is -0.325 e. The lowest BCUT2D eigenvalue weighted by Crippen LogP contribution is -3.17. The Morgan fingerprint density at radius 3 is 2.95 bits per heavy atom. The zero-order valence-electron chi connectivity index (χ0n) is 12.5. The maximum Gasteiger partial charge on any atom is 0.282 e. The van der Waals surface area contributed by atoms with Crippen molar-refractivity contribution in [3.63, 3.8) is 0 Å². The molecule has 4 heteroatoms.